The van der Waals surface area contributed by atoms with E-state index in [-0.39, 0.29) is 5.41 Å². The molecule has 2 N–H and O–H groups in total. The summed E-state index contributed by atoms with van der Waals surface area (Å²) < 4.78 is 0. The van der Waals surface area contributed by atoms with Gasteiger partial charge in [-0.3, -0.25) is 0 Å². The minimum absolute atomic E-state index is 0.171. The summed E-state index contributed by atoms with van der Waals surface area (Å²) >= 11 is 0. The standard InChI is InChI=1S/C21H29N/c1-15-8-6-7-9-17(15)12-18(14-22)20-13-19(21(3,4)5)11-10-16(20)2/h6-11,13,18H,12,14,22H2,1-5H3. The highest BCUT2D eigenvalue weighted by Crippen LogP contribution is 2.30. The molecule has 1 atom stereocenters. The molecule has 0 aliphatic heterocycles. The molecule has 0 aromatic heterocycles. The smallest absolute Gasteiger partial charge is 0.000439 e. The van der Waals surface area contributed by atoms with Crippen LogP contribution in [0.25, 0.3) is 0 Å². The molecule has 0 aliphatic carbocycles. The molecule has 0 bridgehead atoms. The summed E-state index contributed by atoms with van der Waals surface area (Å²) in [6.07, 6.45) is 1.01. The van der Waals surface area contributed by atoms with E-state index in [1.54, 1.807) is 0 Å². The van der Waals surface area contributed by atoms with Crippen molar-refractivity contribution >= 4 is 0 Å². The zero-order valence-corrected chi connectivity index (χ0v) is 14.6. The van der Waals surface area contributed by atoms with Gasteiger partial charge in [-0.1, -0.05) is 63.2 Å². The fraction of sp³-hybridized carbons (Fsp3) is 0.429. The van der Waals surface area contributed by atoms with Crippen LogP contribution in [0.4, 0.5) is 0 Å². The molecular formula is C21H29N. The van der Waals surface area contributed by atoms with Crippen molar-refractivity contribution in [3.8, 4) is 0 Å². The molecule has 0 radical (unpaired) electrons. The van der Waals surface area contributed by atoms with Gasteiger partial charge in [-0.15, -0.1) is 0 Å². The summed E-state index contributed by atoms with van der Waals surface area (Å²) in [7, 11) is 0. The molecule has 2 rings (SSSR count). The van der Waals surface area contributed by atoms with E-state index >= 15 is 0 Å². The summed E-state index contributed by atoms with van der Waals surface area (Å²) in [6.45, 7) is 11.9. The van der Waals surface area contributed by atoms with Gasteiger partial charge in [0.2, 0.25) is 0 Å². The minimum Gasteiger partial charge on any atom is -0.330 e. The first-order valence-corrected chi connectivity index (χ1v) is 8.18. The Hall–Kier alpha value is -1.60. The summed E-state index contributed by atoms with van der Waals surface area (Å²) in [5.74, 6) is 0.378. The first-order valence-electron chi connectivity index (χ1n) is 8.18. The van der Waals surface area contributed by atoms with Crippen LogP contribution < -0.4 is 5.73 Å². The van der Waals surface area contributed by atoms with Crippen LogP contribution in [-0.4, -0.2) is 6.54 Å². The minimum atomic E-state index is 0.171. The largest absolute Gasteiger partial charge is 0.330 e. The van der Waals surface area contributed by atoms with E-state index in [0.29, 0.717) is 12.5 Å². The van der Waals surface area contributed by atoms with E-state index in [1.165, 1.54) is 27.8 Å². The third-order valence-corrected chi connectivity index (χ3v) is 4.60. The van der Waals surface area contributed by atoms with Crippen molar-refractivity contribution in [2.75, 3.05) is 6.54 Å². The van der Waals surface area contributed by atoms with Crippen molar-refractivity contribution < 1.29 is 0 Å². The van der Waals surface area contributed by atoms with Gasteiger partial charge in [-0.25, -0.2) is 0 Å². The second-order valence-electron chi connectivity index (χ2n) is 7.38. The zero-order chi connectivity index (χ0) is 16.3. The van der Waals surface area contributed by atoms with E-state index in [9.17, 15) is 0 Å². The first kappa shape index (κ1) is 16.8. The Morgan fingerprint density at radius 2 is 1.64 bits per heavy atom. The van der Waals surface area contributed by atoms with Crippen LogP contribution in [0.1, 0.15) is 54.5 Å². The van der Waals surface area contributed by atoms with Crippen LogP contribution in [0.3, 0.4) is 0 Å². The van der Waals surface area contributed by atoms with E-state index in [2.05, 4.69) is 77.1 Å². The maximum atomic E-state index is 6.13. The fourth-order valence-corrected chi connectivity index (χ4v) is 2.97. The van der Waals surface area contributed by atoms with Crippen molar-refractivity contribution in [1.29, 1.82) is 0 Å². The number of aryl methyl sites for hydroxylation is 2. The van der Waals surface area contributed by atoms with Gasteiger partial charge >= 0.3 is 0 Å². The van der Waals surface area contributed by atoms with Gasteiger partial charge < -0.3 is 5.73 Å². The number of nitrogens with two attached hydrogens (primary N) is 1. The van der Waals surface area contributed by atoms with E-state index in [0.717, 1.165) is 6.42 Å². The lowest BCUT2D eigenvalue weighted by molar-refractivity contribution is 0.586. The van der Waals surface area contributed by atoms with Crippen LogP contribution in [0, 0.1) is 13.8 Å². The molecule has 0 amide bonds. The maximum absolute atomic E-state index is 6.13. The Bertz CT molecular complexity index is 635. The van der Waals surface area contributed by atoms with Gasteiger partial charge in [0, 0.05) is 5.92 Å². The molecule has 1 heteroatoms. The van der Waals surface area contributed by atoms with Crippen molar-refractivity contribution in [2.45, 2.75) is 52.4 Å². The van der Waals surface area contributed by atoms with Crippen LogP contribution >= 0.6 is 0 Å². The zero-order valence-electron chi connectivity index (χ0n) is 14.6. The Morgan fingerprint density at radius 3 is 2.23 bits per heavy atom. The van der Waals surface area contributed by atoms with Gasteiger partial charge in [0.05, 0.1) is 0 Å². The van der Waals surface area contributed by atoms with E-state index in [4.69, 9.17) is 5.73 Å². The van der Waals surface area contributed by atoms with E-state index < -0.39 is 0 Å². The van der Waals surface area contributed by atoms with Crippen LogP contribution in [0.2, 0.25) is 0 Å². The highest BCUT2D eigenvalue weighted by Gasteiger charge is 2.19. The molecule has 0 fully saturated rings. The van der Waals surface area contributed by atoms with Crippen molar-refractivity contribution in [3.63, 3.8) is 0 Å². The predicted octanol–water partition coefficient (Wildman–Crippen LogP) is 4.89. The number of hydrogen-bond donors (Lipinski definition) is 1. The Kier molecular flexibility index (Phi) is 5.08. The average Bonchev–Trinajstić information content (AvgIpc) is 2.46. The topological polar surface area (TPSA) is 26.0 Å². The third kappa shape index (κ3) is 3.78. The quantitative estimate of drug-likeness (QED) is 0.854. The van der Waals surface area contributed by atoms with Crippen LogP contribution in [-0.2, 0) is 11.8 Å². The third-order valence-electron chi connectivity index (χ3n) is 4.60. The molecule has 0 heterocycles. The lowest BCUT2D eigenvalue weighted by atomic mass is 9.81. The second kappa shape index (κ2) is 6.66. The Balaban J connectivity index is 2.37. The molecule has 0 spiro atoms. The number of hydrogen-bond acceptors (Lipinski definition) is 1. The molecular weight excluding hydrogens is 266 g/mol. The van der Waals surface area contributed by atoms with Gasteiger partial charge in [0.1, 0.15) is 0 Å². The highest BCUT2D eigenvalue weighted by molar-refractivity contribution is 5.38. The molecule has 118 valence electrons. The molecule has 0 saturated carbocycles. The molecule has 0 saturated heterocycles. The summed E-state index contributed by atoms with van der Waals surface area (Å²) in [5.41, 5.74) is 13.2. The normalized spacial score (nSPS) is 13.2. The van der Waals surface area contributed by atoms with Gasteiger partial charge in [0.25, 0.3) is 0 Å². The van der Waals surface area contributed by atoms with E-state index in [1.807, 2.05) is 0 Å². The molecule has 1 nitrogen and oxygen atoms in total. The lowest BCUT2D eigenvalue weighted by Gasteiger charge is -2.24. The van der Waals surface area contributed by atoms with Crippen molar-refractivity contribution in [1.82, 2.24) is 0 Å². The monoisotopic (exact) mass is 295 g/mol. The average molecular weight is 295 g/mol. The predicted molar refractivity (Wildman–Crippen MR) is 96.6 cm³/mol. The molecule has 2 aromatic rings. The molecule has 1 unspecified atom stereocenters. The molecule has 2 aromatic carbocycles. The Morgan fingerprint density at radius 1 is 0.955 bits per heavy atom. The van der Waals surface area contributed by atoms with Crippen LogP contribution in [0.15, 0.2) is 42.5 Å². The first-order chi connectivity index (χ1) is 10.3. The number of rotatable bonds is 4. The summed E-state index contributed by atoms with van der Waals surface area (Å²) in [4.78, 5) is 0. The number of benzene rings is 2. The van der Waals surface area contributed by atoms with Crippen molar-refractivity contribution in [2.24, 2.45) is 5.73 Å². The summed E-state index contributed by atoms with van der Waals surface area (Å²) in [5, 5.41) is 0. The van der Waals surface area contributed by atoms with Gasteiger partial charge in [-0.05, 0) is 60.0 Å². The second-order valence-corrected chi connectivity index (χ2v) is 7.38. The Labute approximate surface area is 135 Å². The van der Waals surface area contributed by atoms with Gasteiger partial charge in [0.15, 0.2) is 0 Å². The highest BCUT2D eigenvalue weighted by atomic mass is 14.5. The maximum Gasteiger partial charge on any atom is 0.000439 e. The molecule has 0 aliphatic rings. The lowest BCUT2D eigenvalue weighted by Crippen LogP contribution is -2.18. The van der Waals surface area contributed by atoms with Gasteiger partial charge in [-0.2, -0.15) is 0 Å². The van der Waals surface area contributed by atoms with Crippen LogP contribution in [0.5, 0.6) is 0 Å². The fourth-order valence-electron chi connectivity index (χ4n) is 2.97. The molecule has 22 heavy (non-hydrogen) atoms. The summed E-state index contributed by atoms with van der Waals surface area (Å²) in [6, 6.07) is 15.5. The SMILES string of the molecule is Cc1ccccc1CC(CN)c1cc(C(C)(C)C)ccc1C. The van der Waals surface area contributed by atoms with Crippen molar-refractivity contribution in [3.05, 3.63) is 70.3 Å².